The van der Waals surface area contributed by atoms with Crippen LogP contribution in [0.15, 0.2) is 18.2 Å². The van der Waals surface area contributed by atoms with Crippen LogP contribution in [0, 0.1) is 17.6 Å². The number of benzene rings is 1. The minimum Gasteiger partial charge on any atom is -0.396 e. The van der Waals surface area contributed by atoms with Crippen molar-refractivity contribution in [2.24, 2.45) is 11.7 Å². The van der Waals surface area contributed by atoms with Crippen molar-refractivity contribution in [1.29, 1.82) is 0 Å². The van der Waals surface area contributed by atoms with E-state index in [1.807, 2.05) is 0 Å². The third kappa shape index (κ3) is 1.61. The van der Waals surface area contributed by atoms with Crippen molar-refractivity contribution in [3.05, 3.63) is 35.4 Å². The highest BCUT2D eigenvalue weighted by Crippen LogP contribution is 2.34. The summed E-state index contributed by atoms with van der Waals surface area (Å²) in [5.41, 5.74) is 4.92. The van der Waals surface area contributed by atoms with Gasteiger partial charge in [0.1, 0.15) is 0 Å². The van der Waals surface area contributed by atoms with Gasteiger partial charge in [0.05, 0.1) is 25.4 Å². The minimum atomic E-state index is -1.15. The molecular weight excluding hydrogens is 216 g/mol. The van der Waals surface area contributed by atoms with Crippen molar-refractivity contribution in [3.63, 3.8) is 0 Å². The molecule has 0 aliphatic carbocycles. The Kier molecular flexibility index (Phi) is 2.92. The Hall–Kier alpha value is -1.04. The Morgan fingerprint density at radius 3 is 2.94 bits per heavy atom. The zero-order chi connectivity index (χ0) is 11.8. The molecule has 0 radical (unpaired) electrons. The zero-order valence-corrected chi connectivity index (χ0v) is 8.62. The molecule has 0 spiro atoms. The average Bonchev–Trinajstić information content (AvgIpc) is 2.64. The molecule has 0 unspecified atom stereocenters. The van der Waals surface area contributed by atoms with E-state index in [4.69, 9.17) is 15.6 Å². The van der Waals surface area contributed by atoms with Crippen molar-refractivity contribution in [3.8, 4) is 0 Å². The van der Waals surface area contributed by atoms with E-state index in [9.17, 15) is 8.78 Å². The first-order chi connectivity index (χ1) is 7.59. The highest BCUT2D eigenvalue weighted by atomic mass is 19.2. The van der Waals surface area contributed by atoms with E-state index in [-0.39, 0.29) is 25.4 Å². The van der Waals surface area contributed by atoms with Crippen LogP contribution in [0.4, 0.5) is 8.78 Å². The molecule has 1 saturated heterocycles. The second-order valence-electron chi connectivity index (χ2n) is 4.04. The van der Waals surface area contributed by atoms with Gasteiger partial charge in [0, 0.05) is 11.5 Å². The SMILES string of the molecule is N[C@@]1(c2cccc(F)c2F)COC[C@H]1CO. The topological polar surface area (TPSA) is 55.5 Å². The number of halogens is 2. The Balaban J connectivity index is 2.46. The Morgan fingerprint density at radius 1 is 1.50 bits per heavy atom. The summed E-state index contributed by atoms with van der Waals surface area (Å²) < 4.78 is 31.9. The fourth-order valence-corrected chi connectivity index (χ4v) is 2.01. The summed E-state index contributed by atoms with van der Waals surface area (Å²) in [5.74, 6) is -2.32. The van der Waals surface area contributed by atoms with Crippen LogP contribution in [-0.2, 0) is 10.3 Å². The maximum absolute atomic E-state index is 13.6. The molecule has 3 nitrogen and oxygen atoms in total. The molecule has 1 aliphatic heterocycles. The third-order valence-corrected chi connectivity index (χ3v) is 3.06. The molecule has 2 rings (SSSR count). The minimum absolute atomic E-state index is 0.0593. The van der Waals surface area contributed by atoms with Crippen molar-refractivity contribution in [1.82, 2.24) is 0 Å². The third-order valence-electron chi connectivity index (χ3n) is 3.06. The summed E-state index contributed by atoms with van der Waals surface area (Å²) in [4.78, 5) is 0. The summed E-state index contributed by atoms with van der Waals surface area (Å²) in [5, 5.41) is 9.15. The summed E-state index contributed by atoms with van der Waals surface area (Å²) in [7, 11) is 0. The molecule has 0 bridgehead atoms. The van der Waals surface area contributed by atoms with E-state index in [0.29, 0.717) is 0 Å². The van der Waals surface area contributed by atoms with Crippen LogP contribution in [0.2, 0.25) is 0 Å². The molecule has 3 N–H and O–H groups in total. The molecule has 16 heavy (non-hydrogen) atoms. The van der Waals surface area contributed by atoms with Crippen molar-refractivity contribution < 1.29 is 18.6 Å². The lowest BCUT2D eigenvalue weighted by Crippen LogP contribution is -2.46. The fourth-order valence-electron chi connectivity index (χ4n) is 2.01. The van der Waals surface area contributed by atoms with E-state index in [0.717, 1.165) is 6.07 Å². The summed E-state index contributed by atoms with van der Waals surface area (Å²) in [6, 6.07) is 3.86. The van der Waals surface area contributed by atoms with Crippen LogP contribution in [0.5, 0.6) is 0 Å². The smallest absolute Gasteiger partial charge is 0.163 e. The lowest BCUT2D eigenvalue weighted by molar-refractivity contribution is 0.160. The van der Waals surface area contributed by atoms with Crippen LogP contribution in [0.3, 0.4) is 0 Å². The summed E-state index contributed by atoms with van der Waals surface area (Å²) in [6.07, 6.45) is 0. The second kappa shape index (κ2) is 4.08. The quantitative estimate of drug-likeness (QED) is 0.787. The second-order valence-corrected chi connectivity index (χ2v) is 4.04. The summed E-state index contributed by atoms with van der Waals surface area (Å²) >= 11 is 0. The Bertz CT molecular complexity index is 400. The monoisotopic (exact) mass is 229 g/mol. The van der Waals surface area contributed by atoms with Gasteiger partial charge in [0.25, 0.3) is 0 Å². The number of rotatable bonds is 2. The maximum Gasteiger partial charge on any atom is 0.163 e. The molecule has 1 aromatic carbocycles. The number of hydrogen-bond donors (Lipinski definition) is 2. The number of aliphatic hydroxyl groups is 1. The summed E-state index contributed by atoms with van der Waals surface area (Å²) in [6.45, 7) is 0.119. The predicted octanol–water partition coefficient (Wildman–Crippen LogP) is 0.758. The first kappa shape index (κ1) is 11.4. The van der Waals surface area contributed by atoms with Gasteiger partial charge < -0.3 is 15.6 Å². The van der Waals surface area contributed by atoms with E-state index in [1.165, 1.54) is 12.1 Å². The highest BCUT2D eigenvalue weighted by molar-refractivity contribution is 5.29. The van der Waals surface area contributed by atoms with Gasteiger partial charge in [-0.15, -0.1) is 0 Å². The standard InChI is InChI=1S/C11H13F2NO2/c12-9-3-1-2-8(10(9)13)11(14)6-16-5-7(11)4-15/h1-3,7,15H,4-6,14H2/t7-,11+/m1/s1. The molecule has 88 valence electrons. The Morgan fingerprint density at radius 2 is 2.25 bits per heavy atom. The van der Waals surface area contributed by atoms with E-state index in [2.05, 4.69) is 0 Å². The van der Waals surface area contributed by atoms with Crippen LogP contribution in [-0.4, -0.2) is 24.9 Å². The van der Waals surface area contributed by atoms with Crippen LogP contribution < -0.4 is 5.73 Å². The molecule has 1 fully saturated rings. The van der Waals surface area contributed by atoms with Gasteiger partial charge in [-0.2, -0.15) is 0 Å². The Labute approximate surface area is 91.8 Å². The molecule has 1 heterocycles. The lowest BCUT2D eigenvalue weighted by atomic mass is 9.81. The van der Waals surface area contributed by atoms with E-state index < -0.39 is 23.1 Å². The van der Waals surface area contributed by atoms with Gasteiger partial charge >= 0.3 is 0 Å². The van der Waals surface area contributed by atoms with Gasteiger partial charge in [0.15, 0.2) is 11.6 Å². The van der Waals surface area contributed by atoms with Gasteiger partial charge in [-0.25, -0.2) is 8.78 Å². The molecule has 1 aromatic rings. The number of hydrogen-bond acceptors (Lipinski definition) is 3. The van der Waals surface area contributed by atoms with E-state index >= 15 is 0 Å². The fraction of sp³-hybridized carbons (Fsp3) is 0.455. The maximum atomic E-state index is 13.6. The van der Waals surface area contributed by atoms with Gasteiger partial charge in [-0.1, -0.05) is 12.1 Å². The van der Waals surface area contributed by atoms with Crippen LogP contribution >= 0.6 is 0 Å². The van der Waals surface area contributed by atoms with Crippen molar-refractivity contribution >= 4 is 0 Å². The average molecular weight is 229 g/mol. The highest BCUT2D eigenvalue weighted by Gasteiger charge is 2.43. The normalized spacial score (nSPS) is 29.6. The van der Waals surface area contributed by atoms with Gasteiger partial charge in [-0.05, 0) is 6.07 Å². The van der Waals surface area contributed by atoms with Gasteiger partial charge in [-0.3, -0.25) is 0 Å². The number of ether oxygens (including phenoxy) is 1. The van der Waals surface area contributed by atoms with Crippen LogP contribution in [0.25, 0.3) is 0 Å². The number of nitrogens with two attached hydrogens (primary N) is 1. The largest absolute Gasteiger partial charge is 0.396 e. The molecular formula is C11H13F2NO2. The first-order valence-electron chi connectivity index (χ1n) is 5.01. The lowest BCUT2D eigenvalue weighted by Gasteiger charge is -2.29. The molecule has 0 aromatic heterocycles. The van der Waals surface area contributed by atoms with Gasteiger partial charge in [0.2, 0.25) is 0 Å². The molecule has 0 saturated carbocycles. The van der Waals surface area contributed by atoms with Crippen LogP contribution in [0.1, 0.15) is 5.56 Å². The zero-order valence-electron chi connectivity index (χ0n) is 8.62. The molecule has 1 aliphatic rings. The molecule has 2 atom stereocenters. The number of aliphatic hydroxyl groups excluding tert-OH is 1. The first-order valence-corrected chi connectivity index (χ1v) is 5.01. The molecule has 5 heteroatoms. The van der Waals surface area contributed by atoms with E-state index in [1.54, 1.807) is 0 Å². The predicted molar refractivity (Wildman–Crippen MR) is 53.6 cm³/mol. The van der Waals surface area contributed by atoms with Crippen molar-refractivity contribution in [2.45, 2.75) is 5.54 Å². The molecule has 0 amide bonds. The van der Waals surface area contributed by atoms with Crippen molar-refractivity contribution in [2.75, 3.05) is 19.8 Å².